The molecule has 5 nitrogen and oxygen atoms in total. The first kappa shape index (κ1) is 23.9. The van der Waals surface area contributed by atoms with Crippen molar-refractivity contribution >= 4 is 50.5 Å². The molecule has 0 fully saturated rings. The van der Waals surface area contributed by atoms with Gasteiger partial charge in [-0.3, -0.25) is 9.10 Å². The molecular formula is C21H15Cl2F3N2O3S. The van der Waals surface area contributed by atoms with Crippen LogP contribution in [0.4, 0.5) is 24.5 Å². The van der Waals surface area contributed by atoms with E-state index in [1.807, 2.05) is 0 Å². The van der Waals surface area contributed by atoms with E-state index in [1.165, 1.54) is 48.5 Å². The summed E-state index contributed by atoms with van der Waals surface area (Å²) >= 11 is 11.9. The van der Waals surface area contributed by atoms with Gasteiger partial charge in [0.1, 0.15) is 6.54 Å². The third-order valence-electron chi connectivity index (χ3n) is 4.29. The van der Waals surface area contributed by atoms with Gasteiger partial charge in [-0.25, -0.2) is 8.42 Å². The van der Waals surface area contributed by atoms with E-state index in [4.69, 9.17) is 23.2 Å². The van der Waals surface area contributed by atoms with Crippen molar-refractivity contribution in [2.45, 2.75) is 11.1 Å². The van der Waals surface area contributed by atoms with Gasteiger partial charge in [-0.1, -0.05) is 41.4 Å². The molecule has 0 spiro atoms. The molecule has 0 aliphatic carbocycles. The number of benzene rings is 3. The molecule has 0 unspecified atom stereocenters. The molecule has 0 aliphatic heterocycles. The molecule has 0 saturated carbocycles. The van der Waals surface area contributed by atoms with Gasteiger partial charge in [0.25, 0.3) is 10.0 Å². The highest BCUT2D eigenvalue weighted by Gasteiger charge is 2.34. The number of nitrogens with one attached hydrogen (secondary N) is 1. The van der Waals surface area contributed by atoms with Crippen molar-refractivity contribution in [3.8, 4) is 0 Å². The molecule has 3 aromatic rings. The van der Waals surface area contributed by atoms with E-state index in [2.05, 4.69) is 5.32 Å². The molecule has 3 rings (SSSR count). The Bertz CT molecular complexity index is 1220. The number of alkyl halides is 3. The Morgan fingerprint density at radius 3 is 2.16 bits per heavy atom. The van der Waals surface area contributed by atoms with Gasteiger partial charge in [0.15, 0.2) is 0 Å². The van der Waals surface area contributed by atoms with Gasteiger partial charge in [0.05, 0.1) is 21.2 Å². The first-order valence-electron chi connectivity index (χ1n) is 8.98. The van der Waals surface area contributed by atoms with Crippen molar-refractivity contribution in [2.24, 2.45) is 0 Å². The van der Waals surface area contributed by atoms with Crippen LogP contribution in [0.15, 0.2) is 77.7 Å². The number of amides is 1. The Labute approximate surface area is 192 Å². The minimum absolute atomic E-state index is 0.215. The predicted octanol–water partition coefficient (Wildman–Crippen LogP) is 5.85. The van der Waals surface area contributed by atoms with E-state index >= 15 is 0 Å². The van der Waals surface area contributed by atoms with Crippen molar-refractivity contribution in [1.29, 1.82) is 0 Å². The maximum absolute atomic E-state index is 13.3. The Hall–Kier alpha value is -2.75. The maximum Gasteiger partial charge on any atom is 0.416 e. The lowest BCUT2D eigenvalue weighted by Gasteiger charge is -2.25. The Kier molecular flexibility index (Phi) is 7.02. The SMILES string of the molecule is O=C(CN(c1cc(C(F)(F)F)ccc1Cl)S(=O)(=O)c1ccccc1)Nc1ccc(Cl)cc1. The molecule has 168 valence electrons. The first-order chi connectivity index (χ1) is 15.0. The summed E-state index contributed by atoms with van der Waals surface area (Å²) in [6, 6.07) is 15.3. The second-order valence-electron chi connectivity index (χ2n) is 6.54. The molecule has 1 N–H and O–H groups in total. The fourth-order valence-electron chi connectivity index (χ4n) is 2.76. The third kappa shape index (κ3) is 5.53. The summed E-state index contributed by atoms with van der Waals surface area (Å²) in [7, 11) is -4.43. The average molecular weight is 503 g/mol. The lowest BCUT2D eigenvalue weighted by molar-refractivity contribution is -0.137. The standard InChI is InChI=1S/C21H15Cl2F3N2O3S/c22-15-7-9-16(10-8-15)27-20(29)13-28(32(30,31)17-4-2-1-3-5-17)19-12-14(21(24,25)26)6-11-18(19)23/h1-12H,13H2,(H,27,29). The van der Waals surface area contributed by atoms with Crippen LogP contribution < -0.4 is 9.62 Å². The molecule has 0 atom stereocenters. The third-order valence-corrected chi connectivity index (χ3v) is 6.63. The molecule has 11 heteroatoms. The topological polar surface area (TPSA) is 66.5 Å². The molecule has 0 saturated heterocycles. The van der Waals surface area contributed by atoms with Crippen LogP contribution in [0, 0.1) is 0 Å². The number of sulfonamides is 1. The minimum atomic E-state index is -4.74. The van der Waals surface area contributed by atoms with Gasteiger partial charge in [-0.05, 0) is 54.6 Å². The van der Waals surface area contributed by atoms with E-state index < -0.39 is 39.9 Å². The smallest absolute Gasteiger partial charge is 0.325 e. The molecule has 0 aromatic heterocycles. The van der Waals surface area contributed by atoms with Gasteiger partial charge < -0.3 is 5.32 Å². The van der Waals surface area contributed by atoms with E-state index in [1.54, 1.807) is 6.07 Å². The average Bonchev–Trinajstić information content (AvgIpc) is 2.74. The zero-order valence-corrected chi connectivity index (χ0v) is 18.4. The molecule has 3 aromatic carbocycles. The molecule has 0 heterocycles. The fourth-order valence-corrected chi connectivity index (χ4v) is 4.61. The zero-order chi connectivity index (χ0) is 23.5. The summed E-state index contributed by atoms with van der Waals surface area (Å²) in [5, 5.41) is 2.64. The number of rotatable bonds is 6. The van der Waals surface area contributed by atoms with E-state index in [-0.39, 0.29) is 9.92 Å². The number of carbonyl (C=O) groups excluding carboxylic acids is 1. The van der Waals surface area contributed by atoms with Crippen LogP contribution in [0.2, 0.25) is 10.0 Å². The normalized spacial score (nSPS) is 11.8. The van der Waals surface area contributed by atoms with Crippen LogP contribution in [0.1, 0.15) is 5.56 Å². The van der Waals surface area contributed by atoms with E-state index in [9.17, 15) is 26.4 Å². The molecule has 0 aliphatic rings. The highest BCUT2D eigenvalue weighted by molar-refractivity contribution is 7.92. The summed E-state index contributed by atoms with van der Waals surface area (Å²) in [6.45, 7) is -0.819. The molecule has 1 amide bonds. The van der Waals surface area contributed by atoms with Gasteiger partial charge in [-0.15, -0.1) is 0 Å². The molecule has 0 bridgehead atoms. The maximum atomic E-state index is 13.3. The largest absolute Gasteiger partial charge is 0.416 e. The first-order valence-corrected chi connectivity index (χ1v) is 11.2. The Morgan fingerprint density at radius 2 is 1.56 bits per heavy atom. The number of hydrogen-bond acceptors (Lipinski definition) is 3. The lowest BCUT2D eigenvalue weighted by atomic mass is 10.2. The monoisotopic (exact) mass is 502 g/mol. The highest BCUT2D eigenvalue weighted by atomic mass is 35.5. The summed E-state index contributed by atoms with van der Waals surface area (Å²) in [4.78, 5) is 12.4. The highest BCUT2D eigenvalue weighted by Crippen LogP contribution is 2.37. The van der Waals surface area contributed by atoms with Gasteiger partial charge >= 0.3 is 6.18 Å². The van der Waals surface area contributed by atoms with E-state index in [0.717, 1.165) is 12.1 Å². The number of nitrogens with zero attached hydrogens (tertiary/aromatic N) is 1. The second kappa shape index (κ2) is 9.40. The number of hydrogen-bond donors (Lipinski definition) is 1. The van der Waals surface area contributed by atoms with Crippen molar-refractivity contribution < 1.29 is 26.4 Å². The van der Waals surface area contributed by atoms with Crippen LogP contribution in [-0.4, -0.2) is 20.9 Å². The summed E-state index contributed by atoms with van der Waals surface area (Å²) in [6.07, 6.45) is -4.74. The van der Waals surface area contributed by atoms with Crippen LogP contribution in [0.3, 0.4) is 0 Å². The van der Waals surface area contributed by atoms with Crippen LogP contribution in [0.25, 0.3) is 0 Å². The molecule has 32 heavy (non-hydrogen) atoms. The van der Waals surface area contributed by atoms with Gasteiger partial charge in [0, 0.05) is 10.7 Å². The Balaban J connectivity index is 2.04. The summed E-state index contributed by atoms with van der Waals surface area (Å²) < 4.78 is 66.9. The summed E-state index contributed by atoms with van der Waals surface area (Å²) in [5.41, 5.74) is -1.26. The van der Waals surface area contributed by atoms with Crippen molar-refractivity contribution in [1.82, 2.24) is 0 Å². The molecular weight excluding hydrogens is 488 g/mol. The van der Waals surface area contributed by atoms with Crippen LogP contribution >= 0.6 is 23.2 Å². The second-order valence-corrected chi connectivity index (χ2v) is 9.25. The van der Waals surface area contributed by atoms with Crippen molar-refractivity contribution in [3.63, 3.8) is 0 Å². The number of carbonyl (C=O) groups is 1. The van der Waals surface area contributed by atoms with Crippen LogP contribution in [-0.2, 0) is 21.0 Å². The van der Waals surface area contributed by atoms with Crippen molar-refractivity contribution in [2.75, 3.05) is 16.2 Å². The van der Waals surface area contributed by atoms with Crippen molar-refractivity contribution in [3.05, 3.63) is 88.4 Å². The quantitative estimate of drug-likeness (QED) is 0.459. The molecule has 0 radical (unpaired) electrons. The fraction of sp³-hybridized carbons (Fsp3) is 0.0952. The number of anilines is 2. The number of halogens is 5. The Morgan fingerprint density at radius 1 is 0.938 bits per heavy atom. The summed E-state index contributed by atoms with van der Waals surface area (Å²) in [5.74, 6) is -0.791. The van der Waals surface area contributed by atoms with Gasteiger partial charge in [-0.2, -0.15) is 13.2 Å². The predicted molar refractivity (Wildman–Crippen MR) is 118 cm³/mol. The van der Waals surface area contributed by atoms with Crippen LogP contribution in [0.5, 0.6) is 0 Å². The van der Waals surface area contributed by atoms with E-state index in [0.29, 0.717) is 21.1 Å². The zero-order valence-electron chi connectivity index (χ0n) is 16.1. The lowest BCUT2D eigenvalue weighted by Crippen LogP contribution is -2.38. The van der Waals surface area contributed by atoms with Gasteiger partial charge in [0.2, 0.25) is 5.91 Å². The minimum Gasteiger partial charge on any atom is -0.325 e.